The van der Waals surface area contributed by atoms with Gasteiger partial charge in [-0.25, -0.2) is 4.79 Å². The Morgan fingerprint density at radius 2 is 1.33 bits per heavy atom. The molecule has 0 spiro atoms. The van der Waals surface area contributed by atoms with Crippen molar-refractivity contribution in [3.8, 4) is 11.5 Å². The smallest absolute Gasteiger partial charge is 0.339 e. The van der Waals surface area contributed by atoms with E-state index in [-0.39, 0.29) is 23.4 Å². The molecule has 0 aliphatic carbocycles. The van der Waals surface area contributed by atoms with Gasteiger partial charge in [-0.2, -0.15) is 0 Å². The quantitative estimate of drug-likeness (QED) is 0.0662. The van der Waals surface area contributed by atoms with Crippen molar-refractivity contribution in [2.24, 2.45) is 4.99 Å². The summed E-state index contributed by atoms with van der Waals surface area (Å²) in [5.74, 6) is -0.148. The first kappa shape index (κ1) is 32.1. The third-order valence-electron chi connectivity index (χ3n) is 7.11. The summed E-state index contributed by atoms with van der Waals surface area (Å²) in [6.07, 6.45) is -0.0394. The first-order chi connectivity index (χ1) is 22.1. The van der Waals surface area contributed by atoms with E-state index in [0.29, 0.717) is 16.5 Å². The van der Waals surface area contributed by atoms with Crippen LogP contribution < -0.4 is 4.74 Å². The zero-order valence-corrected chi connectivity index (χ0v) is 26.5. The van der Waals surface area contributed by atoms with Crippen LogP contribution in [0, 0.1) is 10.1 Å². The molecule has 0 fully saturated rings. The van der Waals surface area contributed by atoms with E-state index in [1.165, 1.54) is 18.2 Å². The summed E-state index contributed by atoms with van der Waals surface area (Å²) >= 11 is 6.39. The largest absolute Gasteiger partial charge is 0.458 e. The van der Waals surface area contributed by atoms with Crippen LogP contribution in [-0.2, 0) is 21.5 Å². The number of esters is 1. The van der Waals surface area contributed by atoms with E-state index in [9.17, 15) is 14.9 Å². The highest BCUT2D eigenvalue weighted by Gasteiger charge is 2.48. The van der Waals surface area contributed by atoms with Crippen molar-refractivity contribution in [1.29, 1.82) is 0 Å². The molecule has 0 radical (unpaired) electrons. The van der Waals surface area contributed by atoms with Gasteiger partial charge in [0.05, 0.1) is 21.2 Å². The topological polar surface area (TPSA) is 91.0 Å². The molecule has 0 unspecified atom stereocenters. The van der Waals surface area contributed by atoms with Crippen LogP contribution in [0.25, 0.3) is 0 Å². The first-order valence-corrected chi connectivity index (χ1v) is 15.1. The fourth-order valence-electron chi connectivity index (χ4n) is 5.08. The number of benzene rings is 5. The van der Waals surface area contributed by atoms with Gasteiger partial charge in [0.25, 0.3) is 5.69 Å². The Labute approximate surface area is 273 Å². The number of ether oxygens (including phenoxy) is 2. The Morgan fingerprint density at radius 3 is 1.87 bits per heavy atom. The summed E-state index contributed by atoms with van der Waals surface area (Å²) < 4.78 is 12.2. The predicted octanol–water partition coefficient (Wildman–Crippen LogP) is 9.36. The van der Waals surface area contributed by atoms with Crippen molar-refractivity contribution in [2.45, 2.75) is 38.3 Å². The summed E-state index contributed by atoms with van der Waals surface area (Å²) in [4.78, 5) is 32.2. The van der Waals surface area contributed by atoms with E-state index in [1.807, 2.05) is 91.0 Å². The Kier molecular flexibility index (Phi) is 9.64. The molecule has 5 aromatic carbocycles. The highest BCUT2D eigenvalue weighted by molar-refractivity contribution is 6.32. The van der Waals surface area contributed by atoms with Gasteiger partial charge >= 0.3 is 5.97 Å². The minimum atomic E-state index is -1.93. The maximum Gasteiger partial charge on any atom is 0.339 e. The third-order valence-corrected chi connectivity index (χ3v) is 7.42. The summed E-state index contributed by atoms with van der Waals surface area (Å²) in [6.45, 7) is 5.26. The van der Waals surface area contributed by atoms with Crippen LogP contribution in [0.3, 0.4) is 0 Å². The van der Waals surface area contributed by atoms with Gasteiger partial charge in [-0.05, 0) is 50.6 Å². The number of carbonyl (C=O) groups excluding carboxylic acids is 1. The van der Waals surface area contributed by atoms with E-state index in [4.69, 9.17) is 26.1 Å². The molecule has 0 amide bonds. The van der Waals surface area contributed by atoms with Gasteiger partial charge in [0.2, 0.25) is 0 Å². The SMILES string of the molecule is CC(C)(C)OC(=O)[C@](Cc1ccccc1)(N=C(c1ccccc1)c1ccccc1)c1cc(Oc2ccccc2Cl)ccc1[N+](=O)[O-]. The summed E-state index contributed by atoms with van der Waals surface area (Å²) in [5, 5.41) is 13.1. The number of hydrogen-bond donors (Lipinski definition) is 0. The molecule has 8 heteroatoms. The van der Waals surface area contributed by atoms with Crippen LogP contribution in [0.2, 0.25) is 5.02 Å². The molecule has 0 N–H and O–H groups in total. The molecule has 5 aromatic rings. The average Bonchev–Trinajstić information content (AvgIpc) is 3.04. The fraction of sp³-hybridized carbons (Fsp3) is 0.158. The minimum absolute atomic E-state index is 0.0181. The zero-order valence-electron chi connectivity index (χ0n) is 25.7. The van der Waals surface area contributed by atoms with Crippen LogP contribution in [0.15, 0.2) is 138 Å². The van der Waals surface area contributed by atoms with Gasteiger partial charge in [-0.15, -0.1) is 0 Å². The van der Waals surface area contributed by atoms with Gasteiger partial charge in [-0.3, -0.25) is 15.1 Å². The van der Waals surface area contributed by atoms with Gasteiger partial charge < -0.3 is 9.47 Å². The Morgan fingerprint density at radius 1 is 0.783 bits per heavy atom. The van der Waals surface area contributed by atoms with E-state index in [1.54, 1.807) is 45.0 Å². The van der Waals surface area contributed by atoms with E-state index >= 15 is 0 Å². The highest BCUT2D eigenvalue weighted by Crippen LogP contribution is 2.42. The van der Waals surface area contributed by atoms with Gasteiger partial charge in [0, 0.05) is 23.6 Å². The van der Waals surface area contributed by atoms with Crippen molar-refractivity contribution < 1.29 is 19.2 Å². The normalized spacial score (nSPS) is 12.4. The fourth-order valence-corrected chi connectivity index (χ4v) is 5.25. The van der Waals surface area contributed by atoms with Crippen LogP contribution in [0.1, 0.15) is 43.0 Å². The third kappa shape index (κ3) is 7.50. The van der Waals surface area contributed by atoms with Crippen molar-refractivity contribution in [2.75, 3.05) is 0 Å². The molecule has 46 heavy (non-hydrogen) atoms. The maximum atomic E-state index is 14.8. The number of rotatable bonds is 10. The molecule has 0 aliphatic heterocycles. The Bertz CT molecular complexity index is 1810. The Balaban J connectivity index is 1.88. The van der Waals surface area contributed by atoms with Crippen LogP contribution in [0.4, 0.5) is 5.69 Å². The molecule has 0 bridgehead atoms. The van der Waals surface area contributed by atoms with Crippen molar-refractivity contribution in [1.82, 2.24) is 0 Å². The predicted molar refractivity (Wildman–Crippen MR) is 181 cm³/mol. The monoisotopic (exact) mass is 632 g/mol. The molecule has 0 saturated carbocycles. The molecular weight excluding hydrogens is 600 g/mol. The average molecular weight is 633 g/mol. The lowest BCUT2D eigenvalue weighted by Gasteiger charge is -2.33. The van der Waals surface area contributed by atoms with E-state index < -0.39 is 22.0 Å². The molecule has 0 saturated heterocycles. The lowest BCUT2D eigenvalue weighted by atomic mass is 9.82. The molecule has 0 aliphatic rings. The first-order valence-electron chi connectivity index (χ1n) is 14.8. The number of nitrogens with zero attached hydrogens (tertiary/aromatic N) is 2. The standard InChI is InChI=1S/C38H33ClN2O5/c1-37(2,3)46-36(42)38(26-27-15-7-4-8-16-27,40-35(28-17-9-5-10-18-28)29-19-11-6-12-20-29)31-25-30(23-24-33(31)41(43)44)45-34-22-14-13-21-32(34)39/h4-25H,26H2,1-3H3/t38-/m1/s1. The second-order valence-electron chi connectivity index (χ2n) is 11.7. The number of hydrogen-bond acceptors (Lipinski definition) is 6. The van der Waals surface area contributed by atoms with Crippen LogP contribution in [0.5, 0.6) is 11.5 Å². The molecule has 5 rings (SSSR count). The van der Waals surface area contributed by atoms with Gasteiger partial charge in [-0.1, -0.05) is 115 Å². The van der Waals surface area contributed by atoms with Crippen LogP contribution in [-0.4, -0.2) is 22.2 Å². The Hall–Kier alpha value is -5.27. The van der Waals surface area contributed by atoms with Crippen molar-refractivity contribution in [3.05, 3.63) is 171 Å². The summed E-state index contributed by atoms with van der Waals surface area (Å²) in [5.41, 5.74) is -0.519. The second-order valence-corrected chi connectivity index (χ2v) is 12.1. The van der Waals surface area contributed by atoms with E-state index in [0.717, 1.165) is 16.7 Å². The van der Waals surface area contributed by atoms with E-state index in [2.05, 4.69) is 0 Å². The lowest BCUT2D eigenvalue weighted by Crippen LogP contribution is -2.43. The van der Waals surface area contributed by atoms with Crippen molar-refractivity contribution >= 4 is 29.0 Å². The van der Waals surface area contributed by atoms with Crippen molar-refractivity contribution in [3.63, 3.8) is 0 Å². The molecule has 232 valence electrons. The number of halogens is 1. The van der Waals surface area contributed by atoms with Crippen LogP contribution >= 0.6 is 11.6 Å². The summed E-state index contributed by atoms with van der Waals surface area (Å²) in [6, 6.07) is 39.3. The lowest BCUT2D eigenvalue weighted by molar-refractivity contribution is -0.386. The molecule has 0 aromatic heterocycles. The number of nitro benzene ring substituents is 1. The second kappa shape index (κ2) is 13.8. The number of carbonyl (C=O) groups is 1. The summed E-state index contributed by atoms with van der Waals surface area (Å²) in [7, 11) is 0. The highest BCUT2D eigenvalue weighted by atomic mass is 35.5. The van der Waals surface area contributed by atoms with Gasteiger partial charge in [0.15, 0.2) is 5.54 Å². The minimum Gasteiger partial charge on any atom is -0.458 e. The molecule has 1 atom stereocenters. The maximum absolute atomic E-state index is 14.8. The number of aliphatic imine (C=N–C) groups is 1. The van der Waals surface area contributed by atoms with Gasteiger partial charge in [0.1, 0.15) is 17.1 Å². The number of para-hydroxylation sites is 1. The molecular formula is C38H33ClN2O5. The molecule has 0 heterocycles. The zero-order chi connectivity index (χ0) is 32.7. The number of nitro groups is 1. The molecule has 7 nitrogen and oxygen atoms in total.